The highest BCUT2D eigenvalue weighted by Gasteiger charge is 2.14. The molecule has 1 aliphatic rings. The van der Waals surface area contributed by atoms with Crippen LogP contribution in [0.3, 0.4) is 0 Å². The molecule has 0 saturated heterocycles. The molecule has 1 atom stereocenters. The van der Waals surface area contributed by atoms with Crippen LogP contribution < -0.4 is 29.6 Å². The van der Waals surface area contributed by atoms with Crippen LogP contribution in [0.4, 0.5) is 8.78 Å². The van der Waals surface area contributed by atoms with Gasteiger partial charge in [-0.05, 0) is 36.8 Å². The molecule has 0 radical (unpaired) electrons. The van der Waals surface area contributed by atoms with E-state index in [-0.39, 0.29) is 43.1 Å². The second-order valence-corrected chi connectivity index (χ2v) is 6.47. The Labute approximate surface area is 201 Å². The van der Waals surface area contributed by atoms with Gasteiger partial charge < -0.3 is 34.7 Å². The van der Waals surface area contributed by atoms with E-state index in [4.69, 9.17) is 14.2 Å². The van der Waals surface area contributed by atoms with E-state index < -0.39 is 12.7 Å². The third-order valence-electron chi connectivity index (χ3n) is 4.26. The number of fused-ring (bicyclic) bond motifs is 1. The van der Waals surface area contributed by atoms with Gasteiger partial charge in [-0.2, -0.15) is 8.78 Å². The number of aliphatic hydroxyl groups is 1. The van der Waals surface area contributed by atoms with Gasteiger partial charge in [0.25, 0.3) is 0 Å². The lowest BCUT2D eigenvalue weighted by molar-refractivity contribution is -0.0498. The van der Waals surface area contributed by atoms with Crippen LogP contribution in [0.5, 0.6) is 23.0 Å². The maximum atomic E-state index is 12.2. The van der Waals surface area contributed by atoms with Crippen LogP contribution in [-0.4, -0.2) is 50.7 Å². The first-order valence-corrected chi connectivity index (χ1v) is 9.82. The van der Waals surface area contributed by atoms with Gasteiger partial charge in [0.2, 0.25) is 6.79 Å². The SMILES string of the molecule is CCNC(=NCC(O)c1ccc(OC(F)F)cc1)NCCOc1ccc2c(c1)OCO2.I. The predicted octanol–water partition coefficient (Wildman–Crippen LogP) is 3.30. The average Bonchev–Trinajstić information content (AvgIpc) is 3.22. The van der Waals surface area contributed by atoms with E-state index in [1.807, 2.05) is 6.92 Å². The van der Waals surface area contributed by atoms with Gasteiger partial charge in [-0.15, -0.1) is 24.0 Å². The summed E-state index contributed by atoms with van der Waals surface area (Å²) in [6, 6.07) is 11.2. The first-order chi connectivity index (χ1) is 15.0. The Morgan fingerprint density at radius 1 is 1.09 bits per heavy atom. The summed E-state index contributed by atoms with van der Waals surface area (Å²) in [6.07, 6.45) is -0.888. The molecule has 176 valence electrons. The Kier molecular flexibility index (Phi) is 10.5. The molecule has 0 fully saturated rings. The quantitative estimate of drug-likeness (QED) is 0.176. The molecule has 0 bridgehead atoms. The number of nitrogens with one attached hydrogen (secondary N) is 2. The van der Waals surface area contributed by atoms with E-state index in [2.05, 4.69) is 20.4 Å². The summed E-state index contributed by atoms with van der Waals surface area (Å²) in [6.45, 7) is 0.857. The summed E-state index contributed by atoms with van der Waals surface area (Å²) in [5, 5.41) is 16.5. The molecule has 8 nitrogen and oxygen atoms in total. The summed E-state index contributed by atoms with van der Waals surface area (Å²) < 4.78 is 45.0. The fraction of sp³-hybridized carbons (Fsp3) is 0.381. The summed E-state index contributed by atoms with van der Waals surface area (Å²) in [5.41, 5.74) is 0.548. The van der Waals surface area contributed by atoms with E-state index in [0.29, 0.717) is 48.5 Å². The second kappa shape index (κ2) is 13.1. The summed E-state index contributed by atoms with van der Waals surface area (Å²) >= 11 is 0. The second-order valence-electron chi connectivity index (χ2n) is 6.47. The van der Waals surface area contributed by atoms with Crippen LogP contribution in [0, 0.1) is 0 Å². The number of aliphatic hydroxyl groups excluding tert-OH is 1. The third kappa shape index (κ3) is 7.86. The zero-order valence-corrected chi connectivity index (χ0v) is 19.8. The molecule has 1 heterocycles. The lowest BCUT2D eigenvalue weighted by Gasteiger charge is -2.14. The molecular formula is C21H26F2IN3O5. The van der Waals surface area contributed by atoms with Gasteiger partial charge in [0.05, 0.1) is 19.2 Å². The molecule has 3 rings (SSSR count). The minimum atomic E-state index is -2.89. The average molecular weight is 565 g/mol. The Bertz CT molecular complexity index is 871. The van der Waals surface area contributed by atoms with Gasteiger partial charge in [-0.25, -0.2) is 0 Å². The number of hydrogen-bond acceptors (Lipinski definition) is 6. The highest BCUT2D eigenvalue weighted by atomic mass is 127. The third-order valence-corrected chi connectivity index (χ3v) is 4.26. The maximum Gasteiger partial charge on any atom is 0.387 e. The molecule has 0 amide bonds. The van der Waals surface area contributed by atoms with Gasteiger partial charge >= 0.3 is 6.61 Å². The molecule has 0 spiro atoms. The lowest BCUT2D eigenvalue weighted by atomic mass is 10.1. The fourth-order valence-corrected chi connectivity index (χ4v) is 2.80. The minimum Gasteiger partial charge on any atom is -0.492 e. The number of benzene rings is 2. The first kappa shape index (κ1) is 25.7. The monoisotopic (exact) mass is 565 g/mol. The zero-order valence-electron chi connectivity index (χ0n) is 17.4. The summed E-state index contributed by atoms with van der Waals surface area (Å²) in [4.78, 5) is 4.35. The van der Waals surface area contributed by atoms with Crippen LogP contribution in [0.15, 0.2) is 47.5 Å². The number of ether oxygens (including phenoxy) is 4. The number of alkyl halides is 2. The van der Waals surface area contributed by atoms with E-state index >= 15 is 0 Å². The Morgan fingerprint density at radius 3 is 2.53 bits per heavy atom. The lowest BCUT2D eigenvalue weighted by Crippen LogP contribution is -2.39. The number of aliphatic imine (C=N–C) groups is 1. The van der Waals surface area contributed by atoms with Crippen LogP contribution >= 0.6 is 24.0 Å². The number of halogens is 3. The molecule has 1 unspecified atom stereocenters. The van der Waals surface area contributed by atoms with Gasteiger partial charge in [0.15, 0.2) is 17.5 Å². The molecule has 2 aromatic carbocycles. The van der Waals surface area contributed by atoms with Crippen LogP contribution in [0.2, 0.25) is 0 Å². The van der Waals surface area contributed by atoms with Crippen LogP contribution in [0.1, 0.15) is 18.6 Å². The van der Waals surface area contributed by atoms with Crippen molar-refractivity contribution in [1.29, 1.82) is 0 Å². The molecule has 0 aromatic heterocycles. The van der Waals surface area contributed by atoms with Crippen molar-refractivity contribution in [2.75, 3.05) is 33.0 Å². The first-order valence-electron chi connectivity index (χ1n) is 9.82. The van der Waals surface area contributed by atoms with Gasteiger partial charge in [-0.1, -0.05) is 12.1 Å². The molecule has 1 aliphatic heterocycles. The zero-order chi connectivity index (χ0) is 22.1. The Morgan fingerprint density at radius 2 is 1.81 bits per heavy atom. The normalized spacial score (nSPS) is 13.3. The molecule has 0 aliphatic carbocycles. The van der Waals surface area contributed by atoms with E-state index in [9.17, 15) is 13.9 Å². The van der Waals surface area contributed by atoms with Gasteiger partial charge in [0, 0.05) is 12.6 Å². The Hall–Kier alpha value is -2.54. The molecule has 3 N–H and O–H groups in total. The van der Waals surface area contributed by atoms with Crippen LogP contribution in [0.25, 0.3) is 0 Å². The van der Waals surface area contributed by atoms with Crippen molar-refractivity contribution in [1.82, 2.24) is 10.6 Å². The number of rotatable bonds is 10. The van der Waals surface area contributed by atoms with E-state index in [0.717, 1.165) is 0 Å². The van der Waals surface area contributed by atoms with Crippen molar-refractivity contribution in [3.05, 3.63) is 48.0 Å². The molecule has 11 heteroatoms. The van der Waals surface area contributed by atoms with Gasteiger partial charge in [-0.3, -0.25) is 4.99 Å². The summed E-state index contributed by atoms with van der Waals surface area (Å²) in [5.74, 6) is 2.58. The molecule has 2 aromatic rings. The van der Waals surface area contributed by atoms with Crippen molar-refractivity contribution in [2.45, 2.75) is 19.6 Å². The smallest absolute Gasteiger partial charge is 0.387 e. The summed E-state index contributed by atoms with van der Waals surface area (Å²) in [7, 11) is 0. The number of hydrogen-bond donors (Lipinski definition) is 3. The number of guanidine groups is 1. The van der Waals surface area contributed by atoms with Crippen molar-refractivity contribution in [3.8, 4) is 23.0 Å². The molecule has 0 saturated carbocycles. The Balaban J connectivity index is 0.00000363. The van der Waals surface area contributed by atoms with Crippen molar-refractivity contribution in [2.24, 2.45) is 4.99 Å². The standard InChI is InChI=1S/C21H25F2N3O5.HI/c1-2-24-21(25-9-10-28-16-7-8-18-19(11-16)30-13-29-18)26-12-17(27)14-3-5-15(6-4-14)31-20(22)23;/h3-8,11,17,20,27H,2,9-10,12-13H2,1H3,(H2,24,25,26);1H. The largest absolute Gasteiger partial charge is 0.492 e. The van der Waals surface area contributed by atoms with Crippen LogP contribution in [-0.2, 0) is 0 Å². The van der Waals surface area contributed by atoms with E-state index in [1.54, 1.807) is 18.2 Å². The topological polar surface area (TPSA) is 93.6 Å². The van der Waals surface area contributed by atoms with Crippen molar-refractivity contribution < 1.29 is 32.8 Å². The highest BCUT2D eigenvalue weighted by molar-refractivity contribution is 14.0. The minimum absolute atomic E-state index is 0. The van der Waals surface area contributed by atoms with Gasteiger partial charge in [0.1, 0.15) is 18.1 Å². The van der Waals surface area contributed by atoms with Crippen molar-refractivity contribution >= 4 is 29.9 Å². The maximum absolute atomic E-state index is 12.2. The molecular weight excluding hydrogens is 539 g/mol. The molecule has 32 heavy (non-hydrogen) atoms. The highest BCUT2D eigenvalue weighted by Crippen LogP contribution is 2.35. The number of nitrogens with zero attached hydrogens (tertiary/aromatic N) is 1. The van der Waals surface area contributed by atoms with Crippen molar-refractivity contribution in [3.63, 3.8) is 0 Å². The predicted molar refractivity (Wildman–Crippen MR) is 125 cm³/mol. The van der Waals surface area contributed by atoms with E-state index in [1.165, 1.54) is 24.3 Å². The fourth-order valence-electron chi connectivity index (χ4n) is 2.80.